The van der Waals surface area contributed by atoms with Crippen LogP contribution in [0.4, 0.5) is 19.0 Å². The Morgan fingerprint density at radius 3 is 2.60 bits per heavy atom. The molecule has 0 bridgehead atoms. The van der Waals surface area contributed by atoms with E-state index in [1.54, 1.807) is 7.11 Å². The van der Waals surface area contributed by atoms with Gasteiger partial charge in [-0.3, -0.25) is 5.32 Å². The molecule has 0 aliphatic carbocycles. The minimum Gasteiger partial charge on any atom is -0.381 e. The molecule has 0 aliphatic rings. The molecular weight excluding hydrogens is 209 g/mol. The van der Waals surface area contributed by atoms with Crippen LogP contribution in [0.15, 0.2) is 18.3 Å². The van der Waals surface area contributed by atoms with Gasteiger partial charge in [0.1, 0.15) is 12.7 Å². The van der Waals surface area contributed by atoms with Gasteiger partial charge in [0.05, 0.1) is 12.2 Å². The van der Waals surface area contributed by atoms with Crippen LogP contribution in [0.3, 0.4) is 0 Å². The van der Waals surface area contributed by atoms with Crippen molar-refractivity contribution >= 4 is 5.82 Å². The topological polar surface area (TPSA) is 35.4 Å². The highest BCUT2D eigenvalue weighted by atomic mass is 19.4. The number of hydrogen-bond donors (Lipinski definition) is 1. The zero-order valence-electron chi connectivity index (χ0n) is 8.19. The normalized spacial score (nSPS) is 11.5. The molecule has 84 valence electrons. The highest BCUT2D eigenvalue weighted by Gasteiger charge is 2.31. The van der Waals surface area contributed by atoms with E-state index in [1.807, 2.05) is 0 Å². The van der Waals surface area contributed by atoms with E-state index < -0.39 is 11.7 Å². The van der Waals surface area contributed by atoms with Gasteiger partial charge in [0.2, 0.25) is 0 Å². The zero-order chi connectivity index (χ0) is 11.3. The molecule has 1 aromatic rings. The molecule has 0 aliphatic heterocycles. The summed E-state index contributed by atoms with van der Waals surface area (Å²) >= 11 is 0. The largest absolute Gasteiger partial charge is 0.419 e. The van der Waals surface area contributed by atoms with Gasteiger partial charge in [-0.05, 0) is 6.07 Å². The molecule has 1 aromatic heterocycles. The summed E-state index contributed by atoms with van der Waals surface area (Å²) in [5.41, 5.74) is -0.695. The molecular formula is C9H12F3N2O+. The van der Waals surface area contributed by atoms with Crippen molar-refractivity contribution in [3.05, 3.63) is 23.9 Å². The van der Waals surface area contributed by atoms with E-state index in [4.69, 9.17) is 4.74 Å². The number of pyridine rings is 1. The Hall–Kier alpha value is -1.30. The molecule has 2 N–H and O–H groups in total. The Morgan fingerprint density at radius 2 is 2.13 bits per heavy atom. The van der Waals surface area contributed by atoms with Crippen molar-refractivity contribution in [3.8, 4) is 0 Å². The summed E-state index contributed by atoms with van der Waals surface area (Å²) in [7, 11) is 1.55. The van der Waals surface area contributed by atoms with Crippen LogP contribution in [0.2, 0.25) is 0 Å². The van der Waals surface area contributed by atoms with Crippen molar-refractivity contribution < 1.29 is 22.9 Å². The second-order valence-corrected chi connectivity index (χ2v) is 2.91. The Balaban J connectivity index is 2.57. The average Bonchev–Trinajstić information content (AvgIpc) is 2.18. The number of anilines is 1. The summed E-state index contributed by atoms with van der Waals surface area (Å²) in [5.74, 6) is 0.528. The van der Waals surface area contributed by atoms with E-state index in [2.05, 4.69) is 10.3 Å². The number of methoxy groups -OCH3 is 1. The standard InChI is InChI=1S/C9H11F3N2O/c1-15-5-4-13-8-3-2-7(6-14-8)9(10,11)12/h2-3,6H,4-5H2,1H3,(H,13,14)/p+1. The van der Waals surface area contributed by atoms with E-state index in [0.717, 1.165) is 12.3 Å². The fraction of sp³-hybridized carbons (Fsp3) is 0.444. The van der Waals surface area contributed by atoms with Crippen molar-refractivity contribution in [2.45, 2.75) is 6.18 Å². The first kappa shape index (κ1) is 11.8. The Morgan fingerprint density at radius 1 is 1.40 bits per heavy atom. The van der Waals surface area contributed by atoms with Crippen LogP contribution in [-0.4, -0.2) is 20.3 Å². The van der Waals surface area contributed by atoms with Crippen molar-refractivity contribution in [1.29, 1.82) is 0 Å². The number of alkyl halides is 3. The third-order valence-electron chi connectivity index (χ3n) is 1.76. The highest BCUT2D eigenvalue weighted by molar-refractivity contribution is 5.29. The van der Waals surface area contributed by atoms with Gasteiger partial charge in [0, 0.05) is 13.2 Å². The van der Waals surface area contributed by atoms with Crippen molar-refractivity contribution in [3.63, 3.8) is 0 Å². The number of hydrogen-bond acceptors (Lipinski definition) is 2. The average molecular weight is 221 g/mol. The monoisotopic (exact) mass is 221 g/mol. The van der Waals surface area contributed by atoms with Crippen LogP contribution >= 0.6 is 0 Å². The molecule has 0 fully saturated rings. The molecule has 15 heavy (non-hydrogen) atoms. The number of aromatic amines is 1. The molecule has 3 nitrogen and oxygen atoms in total. The lowest BCUT2D eigenvalue weighted by molar-refractivity contribution is -0.364. The van der Waals surface area contributed by atoms with Crippen LogP contribution in [-0.2, 0) is 10.9 Å². The highest BCUT2D eigenvalue weighted by Crippen LogP contribution is 2.27. The number of nitrogens with one attached hydrogen (secondary N) is 2. The molecule has 0 atom stereocenters. The van der Waals surface area contributed by atoms with Gasteiger partial charge < -0.3 is 4.74 Å². The molecule has 0 spiro atoms. The van der Waals surface area contributed by atoms with Crippen LogP contribution < -0.4 is 10.3 Å². The molecule has 0 saturated carbocycles. The molecule has 1 heterocycles. The Kier molecular flexibility index (Phi) is 3.90. The molecule has 0 unspecified atom stereocenters. The molecule has 0 radical (unpaired) electrons. The number of aromatic nitrogens is 1. The predicted molar refractivity (Wildman–Crippen MR) is 48.4 cm³/mol. The molecule has 1 rings (SSSR count). The molecule has 6 heteroatoms. The summed E-state index contributed by atoms with van der Waals surface area (Å²) in [5, 5.41) is 2.88. The van der Waals surface area contributed by atoms with Crippen molar-refractivity contribution in [1.82, 2.24) is 0 Å². The number of rotatable bonds is 4. The first-order valence-corrected chi connectivity index (χ1v) is 4.36. The van der Waals surface area contributed by atoms with Gasteiger partial charge >= 0.3 is 6.18 Å². The first-order chi connectivity index (χ1) is 7.04. The Bertz CT molecular complexity index is 297. The predicted octanol–water partition coefficient (Wildman–Crippen LogP) is 1.58. The number of halogens is 3. The summed E-state index contributed by atoms with van der Waals surface area (Å²) in [6.45, 7) is 1.03. The lowest BCUT2D eigenvalue weighted by Crippen LogP contribution is -2.18. The first-order valence-electron chi connectivity index (χ1n) is 4.36. The summed E-state index contributed by atoms with van der Waals surface area (Å²) in [6, 6.07) is 2.37. The van der Waals surface area contributed by atoms with E-state index in [0.29, 0.717) is 19.0 Å². The van der Waals surface area contributed by atoms with Crippen LogP contribution in [0.5, 0.6) is 0 Å². The molecule has 0 aromatic carbocycles. The van der Waals surface area contributed by atoms with Crippen LogP contribution in [0, 0.1) is 0 Å². The minimum atomic E-state index is -4.30. The fourth-order valence-electron chi connectivity index (χ4n) is 0.999. The smallest absolute Gasteiger partial charge is 0.381 e. The fourth-order valence-corrected chi connectivity index (χ4v) is 0.999. The summed E-state index contributed by atoms with van der Waals surface area (Å²) < 4.78 is 41.3. The van der Waals surface area contributed by atoms with Gasteiger partial charge in [0.15, 0.2) is 0 Å². The maximum atomic E-state index is 12.2. The van der Waals surface area contributed by atoms with Crippen molar-refractivity contribution in [2.24, 2.45) is 0 Å². The van der Waals surface area contributed by atoms with E-state index in [9.17, 15) is 13.2 Å². The zero-order valence-corrected chi connectivity index (χ0v) is 8.19. The third-order valence-corrected chi connectivity index (χ3v) is 1.76. The maximum absolute atomic E-state index is 12.2. The van der Waals surface area contributed by atoms with Crippen molar-refractivity contribution in [2.75, 3.05) is 25.6 Å². The van der Waals surface area contributed by atoms with E-state index in [-0.39, 0.29) is 0 Å². The van der Waals surface area contributed by atoms with Gasteiger partial charge in [0.25, 0.3) is 5.82 Å². The number of H-pyrrole nitrogens is 1. The van der Waals surface area contributed by atoms with E-state index in [1.165, 1.54) is 6.07 Å². The lowest BCUT2D eigenvalue weighted by atomic mass is 10.3. The number of ether oxygens (including phenoxy) is 1. The maximum Gasteiger partial charge on any atom is 0.419 e. The molecule has 0 saturated heterocycles. The summed E-state index contributed by atoms with van der Waals surface area (Å²) in [4.78, 5) is 2.52. The van der Waals surface area contributed by atoms with E-state index >= 15 is 0 Å². The quantitative estimate of drug-likeness (QED) is 0.783. The second kappa shape index (κ2) is 4.97. The van der Waals surface area contributed by atoms with Crippen LogP contribution in [0.1, 0.15) is 5.56 Å². The second-order valence-electron chi connectivity index (χ2n) is 2.91. The third kappa shape index (κ3) is 3.75. The lowest BCUT2D eigenvalue weighted by Gasteiger charge is -2.04. The van der Waals surface area contributed by atoms with Crippen LogP contribution in [0.25, 0.3) is 0 Å². The van der Waals surface area contributed by atoms with Gasteiger partial charge in [-0.2, -0.15) is 13.2 Å². The summed E-state index contributed by atoms with van der Waals surface area (Å²) in [6.07, 6.45) is -3.38. The SMILES string of the molecule is COCCNc1ccc(C(F)(F)F)c[nH+]1. The molecule has 0 amide bonds. The van der Waals surface area contributed by atoms with Gasteiger partial charge in [-0.1, -0.05) is 0 Å². The van der Waals surface area contributed by atoms with Gasteiger partial charge in [-0.25, -0.2) is 4.98 Å². The minimum absolute atomic E-state index is 0.495. The Labute approximate surface area is 85.3 Å². The van der Waals surface area contributed by atoms with Gasteiger partial charge in [-0.15, -0.1) is 0 Å².